The van der Waals surface area contributed by atoms with Crippen LogP contribution in [0.15, 0.2) is 0 Å². The van der Waals surface area contributed by atoms with E-state index in [1.807, 2.05) is 11.6 Å². The first-order valence-electron chi connectivity index (χ1n) is 5.08. The lowest BCUT2D eigenvalue weighted by Crippen LogP contribution is -2.14. The molecule has 0 amide bonds. The molecule has 0 N–H and O–H groups in total. The Labute approximate surface area is 88.6 Å². The molecule has 0 aromatic carbocycles. The number of alkyl halides is 1. The van der Waals surface area contributed by atoms with Crippen molar-refractivity contribution in [2.75, 3.05) is 0 Å². The fraction of sp³-hybridized carbons (Fsp3) is 0.889. The van der Waals surface area contributed by atoms with Crippen LogP contribution in [0.1, 0.15) is 37.9 Å². The van der Waals surface area contributed by atoms with Crippen LogP contribution in [-0.4, -0.2) is 20.2 Å². The Balaban J connectivity index is 2.03. The van der Waals surface area contributed by atoms with Gasteiger partial charge >= 0.3 is 0 Å². The summed E-state index contributed by atoms with van der Waals surface area (Å²) in [6, 6.07) is 0. The average molecular weight is 215 g/mol. The van der Waals surface area contributed by atoms with Crippen molar-refractivity contribution in [1.82, 2.24) is 20.2 Å². The number of hydrogen-bond acceptors (Lipinski definition) is 3. The minimum atomic E-state index is -0.114. The van der Waals surface area contributed by atoms with Gasteiger partial charge < -0.3 is 0 Å². The highest BCUT2D eigenvalue weighted by Gasteiger charge is 2.29. The maximum absolute atomic E-state index is 5.96. The predicted molar refractivity (Wildman–Crippen MR) is 54.0 cm³/mol. The summed E-state index contributed by atoms with van der Waals surface area (Å²) in [7, 11) is 0. The van der Waals surface area contributed by atoms with Crippen molar-refractivity contribution in [1.29, 1.82) is 0 Å². The molecule has 5 heteroatoms. The van der Waals surface area contributed by atoms with Crippen LogP contribution in [0.5, 0.6) is 0 Å². The molecule has 2 atom stereocenters. The molecule has 1 aromatic heterocycles. The Bertz CT molecular complexity index is 306. The van der Waals surface area contributed by atoms with Crippen molar-refractivity contribution in [3.8, 4) is 0 Å². The molecule has 1 aliphatic carbocycles. The second-order valence-electron chi connectivity index (χ2n) is 4.15. The Kier molecular flexibility index (Phi) is 2.72. The third kappa shape index (κ3) is 2.05. The number of aromatic nitrogens is 4. The highest BCUT2D eigenvalue weighted by atomic mass is 35.5. The van der Waals surface area contributed by atoms with E-state index < -0.39 is 0 Å². The van der Waals surface area contributed by atoms with E-state index in [0.29, 0.717) is 5.92 Å². The van der Waals surface area contributed by atoms with Gasteiger partial charge in [-0.05, 0) is 42.0 Å². The third-order valence-electron chi connectivity index (χ3n) is 2.80. The van der Waals surface area contributed by atoms with Crippen molar-refractivity contribution in [3.05, 3.63) is 5.82 Å². The van der Waals surface area contributed by atoms with Crippen LogP contribution in [0, 0.1) is 11.8 Å². The molecule has 1 saturated carbocycles. The molecule has 0 radical (unpaired) electrons. The van der Waals surface area contributed by atoms with E-state index in [1.54, 1.807) is 0 Å². The second-order valence-corrected chi connectivity index (χ2v) is 4.80. The van der Waals surface area contributed by atoms with Crippen molar-refractivity contribution in [3.63, 3.8) is 0 Å². The molecule has 2 rings (SSSR count). The molecule has 0 aliphatic heterocycles. The molecule has 1 aliphatic rings. The van der Waals surface area contributed by atoms with Gasteiger partial charge in [-0.15, -0.1) is 16.7 Å². The molecule has 1 heterocycles. The lowest BCUT2D eigenvalue weighted by molar-refractivity contribution is 0.391. The van der Waals surface area contributed by atoms with E-state index in [2.05, 4.69) is 22.4 Å². The normalized spacial score (nSPS) is 20.8. The maximum atomic E-state index is 5.96. The maximum Gasteiger partial charge on any atom is 0.168 e. The molecule has 78 valence electrons. The van der Waals surface area contributed by atoms with Gasteiger partial charge in [-0.25, -0.2) is 4.68 Å². The monoisotopic (exact) mass is 214 g/mol. The van der Waals surface area contributed by atoms with Crippen LogP contribution in [-0.2, 0) is 6.54 Å². The van der Waals surface area contributed by atoms with E-state index in [4.69, 9.17) is 11.6 Å². The van der Waals surface area contributed by atoms with Crippen molar-refractivity contribution < 1.29 is 0 Å². The molecule has 0 spiro atoms. The Morgan fingerprint density at radius 2 is 2.21 bits per heavy atom. The predicted octanol–water partition coefficient (Wildman–Crippen LogP) is 2.02. The van der Waals surface area contributed by atoms with Crippen LogP contribution in [0.4, 0.5) is 0 Å². The van der Waals surface area contributed by atoms with Gasteiger partial charge in [0.05, 0.1) is 5.38 Å². The molecule has 4 nitrogen and oxygen atoms in total. The summed E-state index contributed by atoms with van der Waals surface area (Å²) in [5.41, 5.74) is 0. The summed E-state index contributed by atoms with van der Waals surface area (Å²) in [5, 5.41) is 11.4. The third-order valence-corrected chi connectivity index (χ3v) is 3.00. The van der Waals surface area contributed by atoms with Gasteiger partial charge in [-0.3, -0.25) is 0 Å². The van der Waals surface area contributed by atoms with E-state index in [1.165, 1.54) is 12.8 Å². The van der Waals surface area contributed by atoms with E-state index in [-0.39, 0.29) is 5.38 Å². The van der Waals surface area contributed by atoms with Gasteiger partial charge in [0.2, 0.25) is 0 Å². The Morgan fingerprint density at radius 3 is 2.79 bits per heavy atom. The second kappa shape index (κ2) is 3.85. The first kappa shape index (κ1) is 9.90. The summed E-state index contributed by atoms with van der Waals surface area (Å²) in [5.74, 6) is 2.31. The van der Waals surface area contributed by atoms with Crippen LogP contribution in [0.25, 0.3) is 0 Å². The Morgan fingerprint density at radius 1 is 1.50 bits per heavy atom. The quantitative estimate of drug-likeness (QED) is 0.721. The van der Waals surface area contributed by atoms with Crippen molar-refractivity contribution >= 4 is 11.6 Å². The number of hydrogen-bond donors (Lipinski definition) is 0. The highest BCUT2D eigenvalue weighted by Crippen LogP contribution is 2.37. The number of rotatable bonds is 4. The summed E-state index contributed by atoms with van der Waals surface area (Å²) in [6.45, 7) is 5.04. The zero-order chi connectivity index (χ0) is 10.1. The molecular formula is C9H15ClN4. The molecule has 0 saturated heterocycles. The van der Waals surface area contributed by atoms with Gasteiger partial charge in [0.15, 0.2) is 5.82 Å². The van der Waals surface area contributed by atoms with Crippen molar-refractivity contribution in [2.45, 2.75) is 38.6 Å². The first-order chi connectivity index (χ1) is 6.68. The summed E-state index contributed by atoms with van der Waals surface area (Å²) >= 11 is 5.96. The number of nitrogens with zero attached hydrogens (tertiary/aromatic N) is 4. The molecule has 1 fully saturated rings. The van der Waals surface area contributed by atoms with E-state index in [9.17, 15) is 0 Å². The van der Waals surface area contributed by atoms with Gasteiger partial charge in [0.1, 0.15) is 0 Å². The number of halogens is 1. The minimum Gasteiger partial charge on any atom is -0.228 e. The fourth-order valence-electron chi connectivity index (χ4n) is 1.71. The standard InChI is InChI=1S/C9H15ClN4/c1-6(8-3-4-8)5-14-9(7(2)10)11-12-13-14/h6-8H,3-5H2,1-2H3. The number of tetrazole rings is 1. The van der Waals surface area contributed by atoms with Crippen molar-refractivity contribution in [2.24, 2.45) is 11.8 Å². The summed E-state index contributed by atoms with van der Waals surface area (Å²) in [4.78, 5) is 0. The van der Waals surface area contributed by atoms with Gasteiger partial charge in [-0.1, -0.05) is 6.92 Å². The molecule has 2 unspecified atom stereocenters. The molecule has 1 aromatic rings. The Hall–Kier alpha value is -0.640. The molecule has 14 heavy (non-hydrogen) atoms. The molecule has 0 bridgehead atoms. The zero-order valence-electron chi connectivity index (χ0n) is 8.52. The van der Waals surface area contributed by atoms with E-state index in [0.717, 1.165) is 18.3 Å². The largest absolute Gasteiger partial charge is 0.228 e. The lowest BCUT2D eigenvalue weighted by Gasteiger charge is -2.11. The van der Waals surface area contributed by atoms with Crippen LogP contribution >= 0.6 is 11.6 Å². The SMILES string of the molecule is CC(Cl)c1nnnn1CC(C)C1CC1. The summed E-state index contributed by atoms with van der Waals surface area (Å²) < 4.78 is 1.83. The van der Waals surface area contributed by atoms with Gasteiger partial charge in [-0.2, -0.15) is 0 Å². The smallest absolute Gasteiger partial charge is 0.168 e. The highest BCUT2D eigenvalue weighted by molar-refractivity contribution is 6.20. The topological polar surface area (TPSA) is 43.6 Å². The summed E-state index contributed by atoms with van der Waals surface area (Å²) in [6.07, 6.45) is 2.71. The zero-order valence-corrected chi connectivity index (χ0v) is 9.28. The van der Waals surface area contributed by atoms with Gasteiger partial charge in [0.25, 0.3) is 0 Å². The van der Waals surface area contributed by atoms with Crippen LogP contribution in [0.2, 0.25) is 0 Å². The average Bonchev–Trinajstić information content (AvgIpc) is 2.87. The molecular weight excluding hydrogens is 200 g/mol. The first-order valence-corrected chi connectivity index (χ1v) is 5.52. The van der Waals surface area contributed by atoms with Crippen LogP contribution in [0.3, 0.4) is 0 Å². The lowest BCUT2D eigenvalue weighted by atomic mass is 10.1. The van der Waals surface area contributed by atoms with E-state index >= 15 is 0 Å². The fourth-order valence-corrected chi connectivity index (χ4v) is 1.87. The van der Waals surface area contributed by atoms with Crippen LogP contribution < -0.4 is 0 Å². The minimum absolute atomic E-state index is 0.114. The van der Waals surface area contributed by atoms with Gasteiger partial charge in [0, 0.05) is 6.54 Å².